The summed E-state index contributed by atoms with van der Waals surface area (Å²) in [5.74, 6) is 0. The number of allylic oxidation sites excluding steroid dienone is 4. The third-order valence-electron chi connectivity index (χ3n) is 11.1. The lowest BCUT2D eigenvalue weighted by atomic mass is 9.90. The average molecular weight is 693 g/mol. The average Bonchev–Trinajstić information content (AvgIpc) is 3.15. The molecule has 4 atom stereocenters. The zero-order valence-corrected chi connectivity index (χ0v) is 32.1. The molecule has 2 heterocycles. The van der Waals surface area contributed by atoms with E-state index < -0.39 is 0 Å². The van der Waals surface area contributed by atoms with Crippen molar-refractivity contribution in [2.75, 3.05) is 54.4 Å². The fourth-order valence-electron chi connectivity index (χ4n) is 8.30. The molecule has 2 aliphatic rings. The zero-order chi connectivity index (χ0) is 37.0. The zero-order valence-electron chi connectivity index (χ0n) is 32.1. The molecule has 52 heavy (non-hydrogen) atoms. The van der Waals surface area contributed by atoms with Gasteiger partial charge in [-0.3, -0.25) is 19.6 Å². The lowest BCUT2D eigenvalue weighted by Crippen LogP contribution is -2.47. The van der Waals surface area contributed by atoms with Crippen molar-refractivity contribution in [1.82, 2.24) is 19.6 Å². The van der Waals surface area contributed by atoms with Gasteiger partial charge in [-0.25, -0.2) is 0 Å². The number of nitrogens with zero attached hydrogens (tertiary/aromatic N) is 4. The predicted molar refractivity (Wildman–Crippen MR) is 223 cm³/mol. The molecule has 6 rings (SSSR count). The summed E-state index contributed by atoms with van der Waals surface area (Å²) in [7, 11) is 9.02. The summed E-state index contributed by atoms with van der Waals surface area (Å²) in [6.07, 6.45) is 11.7. The number of benzene rings is 4. The lowest BCUT2D eigenvalue weighted by Gasteiger charge is -2.44. The van der Waals surface area contributed by atoms with Crippen LogP contribution in [-0.2, 0) is 25.7 Å². The number of likely N-dealkylation sites (N-methyl/N-ethyl adjacent to an activating group) is 4. The Labute approximate surface area is 315 Å². The number of piperazine rings is 2. The first kappa shape index (κ1) is 38.9. The highest BCUT2D eigenvalue weighted by molar-refractivity contribution is 5.37. The summed E-state index contributed by atoms with van der Waals surface area (Å²) in [4.78, 5) is 10.0. The first-order valence-corrected chi connectivity index (χ1v) is 18.9. The molecule has 4 nitrogen and oxygen atoms in total. The standard InChI is InChI=1S/2C24H30N2/c2*1-5-11-19-13-7-9-15-21(19)23-17-26(4)24(18-25(23)3)22-16-10-8-14-20(22)12-6-2/h2*5-10,13-16,23-24H,1-2,11-12,17-18H2,3-4H3/t2*23-,24+. The maximum absolute atomic E-state index is 3.92. The summed E-state index contributed by atoms with van der Waals surface area (Å²) in [6.45, 7) is 19.8. The van der Waals surface area contributed by atoms with Crippen molar-refractivity contribution in [3.05, 3.63) is 192 Å². The topological polar surface area (TPSA) is 13.0 Å². The normalized spacial score (nSPS) is 21.5. The van der Waals surface area contributed by atoms with Crippen molar-refractivity contribution in [1.29, 1.82) is 0 Å². The Morgan fingerprint density at radius 1 is 0.385 bits per heavy atom. The van der Waals surface area contributed by atoms with Crippen LogP contribution >= 0.6 is 0 Å². The van der Waals surface area contributed by atoms with Crippen molar-refractivity contribution >= 4 is 0 Å². The Balaban J connectivity index is 0.000000201. The molecular weight excluding hydrogens is 633 g/mol. The molecule has 0 amide bonds. The fraction of sp³-hybridized carbons (Fsp3) is 0.333. The van der Waals surface area contributed by atoms with Crippen molar-refractivity contribution in [3.63, 3.8) is 0 Å². The predicted octanol–water partition coefficient (Wildman–Crippen LogP) is 9.61. The van der Waals surface area contributed by atoms with Crippen LogP contribution in [0, 0.1) is 0 Å². The second-order valence-electron chi connectivity index (χ2n) is 14.6. The summed E-state index contributed by atoms with van der Waals surface area (Å²) in [6, 6.07) is 36.8. The highest BCUT2D eigenvalue weighted by Gasteiger charge is 2.34. The lowest BCUT2D eigenvalue weighted by molar-refractivity contribution is 0.0616. The van der Waals surface area contributed by atoms with E-state index in [4.69, 9.17) is 0 Å². The van der Waals surface area contributed by atoms with Crippen LogP contribution in [-0.4, -0.2) is 74.0 Å². The molecule has 4 aromatic rings. The Morgan fingerprint density at radius 2 is 0.577 bits per heavy atom. The SMILES string of the molecule is C=CCc1ccccc1[C@H]1CN(C)[C@H](c2ccccc2CC=C)CN1C.C=CCc1ccccc1[C@H]1CN(C)[C@H](c2ccccc2CC=C)CN1C. The first-order chi connectivity index (χ1) is 25.3. The molecule has 0 spiro atoms. The van der Waals surface area contributed by atoms with Gasteiger partial charge in [0.1, 0.15) is 0 Å². The third kappa shape index (κ3) is 9.18. The Kier molecular flexibility index (Phi) is 14.2. The maximum atomic E-state index is 3.92. The molecule has 0 aliphatic carbocycles. The van der Waals surface area contributed by atoms with Gasteiger partial charge in [0, 0.05) is 50.3 Å². The van der Waals surface area contributed by atoms with Crippen molar-refractivity contribution < 1.29 is 0 Å². The second kappa shape index (κ2) is 19.0. The van der Waals surface area contributed by atoms with Crippen LogP contribution in [0.2, 0.25) is 0 Å². The van der Waals surface area contributed by atoms with Gasteiger partial charge in [0.05, 0.1) is 0 Å². The molecular formula is C48H60N4. The molecule has 272 valence electrons. The molecule has 0 unspecified atom stereocenters. The van der Waals surface area contributed by atoms with Crippen LogP contribution in [0.25, 0.3) is 0 Å². The molecule has 0 aromatic heterocycles. The first-order valence-electron chi connectivity index (χ1n) is 18.9. The summed E-state index contributed by atoms with van der Waals surface area (Å²) < 4.78 is 0. The van der Waals surface area contributed by atoms with E-state index in [-0.39, 0.29) is 0 Å². The van der Waals surface area contributed by atoms with Gasteiger partial charge in [-0.2, -0.15) is 0 Å². The molecule has 2 fully saturated rings. The van der Waals surface area contributed by atoms with Gasteiger partial charge in [-0.1, -0.05) is 121 Å². The maximum Gasteiger partial charge on any atom is 0.0475 e. The summed E-state index contributed by atoms with van der Waals surface area (Å²) in [5, 5.41) is 0. The Morgan fingerprint density at radius 3 is 0.769 bits per heavy atom. The highest BCUT2D eigenvalue weighted by atomic mass is 15.3. The molecule has 2 saturated heterocycles. The molecule has 0 saturated carbocycles. The van der Waals surface area contributed by atoms with E-state index in [2.05, 4.69) is 171 Å². The van der Waals surface area contributed by atoms with E-state index >= 15 is 0 Å². The molecule has 4 aromatic carbocycles. The van der Waals surface area contributed by atoms with Crippen LogP contribution in [0.5, 0.6) is 0 Å². The third-order valence-corrected chi connectivity index (χ3v) is 11.1. The fourth-order valence-corrected chi connectivity index (χ4v) is 8.30. The van der Waals surface area contributed by atoms with Gasteiger partial charge >= 0.3 is 0 Å². The van der Waals surface area contributed by atoms with E-state index in [0.29, 0.717) is 24.2 Å². The van der Waals surface area contributed by atoms with E-state index in [1.165, 1.54) is 44.5 Å². The number of rotatable bonds is 12. The minimum absolute atomic E-state index is 0.416. The van der Waals surface area contributed by atoms with Gasteiger partial charge in [-0.05, 0) is 98.4 Å². The van der Waals surface area contributed by atoms with Crippen LogP contribution in [0.3, 0.4) is 0 Å². The van der Waals surface area contributed by atoms with E-state index in [9.17, 15) is 0 Å². The van der Waals surface area contributed by atoms with Gasteiger partial charge in [0.25, 0.3) is 0 Å². The van der Waals surface area contributed by atoms with Crippen LogP contribution < -0.4 is 0 Å². The smallest absolute Gasteiger partial charge is 0.0475 e. The van der Waals surface area contributed by atoms with Gasteiger partial charge < -0.3 is 0 Å². The summed E-state index contributed by atoms with van der Waals surface area (Å²) in [5.41, 5.74) is 11.3. The molecule has 0 bridgehead atoms. The van der Waals surface area contributed by atoms with Gasteiger partial charge in [-0.15, -0.1) is 26.3 Å². The second-order valence-corrected chi connectivity index (χ2v) is 14.6. The van der Waals surface area contributed by atoms with E-state index in [0.717, 1.165) is 51.9 Å². The van der Waals surface area contributed by atoms with Crippen molar-refractivity contribution in [3.8, 4) is 0 Å². The minimum Gasteiger partial charge on any atom is -0.296 e. The van der Waals surface area contributed by atoms with E-state index in [1.807, 2.05) is 24.3 Å². The highest BCUT2D eigenvalue weighted by Crippen LogP contribution is 2.37. The Bertz CT molecular complexity index is 1530. The monoisotopic (exact) mass is 692 g/mol. The summed E-state index contributed by atoms with van der Waals surface area (Å²) >= 11 is 0. The van der Waals surface area contributed by atoms with Crippen LogP contribution in [0.15, 0.2) is 148 Å². The van der Waals surface area contributed by atoms with Gasteiger partial charge in [0.15, 0.2) is 0 Å². The minimum atomic E-state index is 0.416. The largest absolute Gasteiger partial charge is 0.296 e. The molecule has 2 aliphatic heterocycles. The molecule has 0 N–H and O–H groups in total. The van der Waals surface area contributed by atoms with Crippen LogP contribution in [0.1, 0.15) is 68.7 Å². The Hall–Kier alpha value is -4.32. The van der Waals surface area contributed by atoms with Crippen molar-refractivity contribution in [2.24, 2.45) is 0 Å². The molecule has 0 radical (unpaired) electrons. The van der Waals surface area contributed by atoms with Crippen LogP contribution in [0.4, 0.5) is 0 Å². The number of hydrogen-bond donors (Lipinski definition) is 0. The van der Waals surface area contributed by atoms with E-state index in [1.54, 1.807) is 0 Å². The molecule has 4 heteroatoms. The number of hydrogen-bond acceptors (Lipinski definition) is 4. The van der Waals surface area contributed by atoms with Gasteiger partial charge in [0.2, 0.25) is 0 Å². The quantitative estimate of drug-likeness (QED) is 0.137. The van der Waals surface area contributed by atoms with Crippen molar-refractivity contribution in [2.45, 2.75) is 49.9 Å².